The van der Waals surface area contributed by atoms with E-state index in [9.17, 15) is 18.0 Å². The van der Waals surface area contributed by atoms with E-state index >= 15 is 0 Å². The van der Waals surface area contributed by atoms with Crippen molar-refractivity contribution < 1.29 is 18.0 Å². The molecule has 0 spiro atoms. The largest absolute Gasteiger partial charge is 0.314 e. The fourth-order valence-electron chi connectivity index (χ4n) is 1.35. The maximum Gasteiger partial charge on any atom is 0.195 e. The van der Waals surface area contributed by atoms with Crippen LogP contribution in [-0.4, -0.2) is 18.4 Å². The van der Waals surface area contributed by atoms with Crippen LogP contribution in [0.15, 0.2) is 12.1 Å². The van der Waals surface area contributed by atoms with E-state index in [0.29, 0.717) is 6.54 Å². The average molecular weight is 245 g/mol. The Labute approximate surface area is 97.8 Å². The minimum atomic E-state index is -1.60. The number of carbonyl (C=O) groups is 1. The van der Waals surface area contributed by atoms with Crippen molar-refractivity contribution in [2.45, 2.75) is 26.3 Å². The minimum Gasteiger partial charge on any atom is -0.314 e. The van der Waals surface area contributed by atoms with Crippen molar-refractivity contribution in [3.63, 3.8) is 0 Å². The van der Waals surface area contributed by atoms with E-state index in [-0.39, 0.29) is 12.5 Å². The number of halogens is 3. The molecule has 94 valence electrons. The number of ketones is 1. The van der Waals surface area contributed by atoms with E-state index in [4.69, 9.17) is 0 Å². The van der Waals surface area contributed by atoms with Crippen molar-refractivity contribution in [1.29, 1.82) is 0 Å². The highest BCUT2D eigenvalue weighted by Crippen LogP contribution is 2.16. The summed E-state index contributed by atoms with van der Waals surface area (Å²) in [6.07, 6.45) is 0.0418. The van der Waals surface area contributed by atoms with Crippen molar-refractivity contribution in [2.24, 2.45) is 0 Å². The second kappa shape index (κ2) is 5.82. The molecule has 1 aromatic rings. The summed E-state index contributed by atoms with van der Waals surface area (Å²) in [7, 11) is 0. The molecule has 0 bridgehead atoms. The molecule has 0 aliphatic carbocycles. The lowest BCUT2D eigenvalue weighted by atomic mass is 10.1. The second-order valence-corrected chi connectivity index (χ2v) is 4.00. The molecule has 0 saturated carbocycles. The lowest BCUT2D eigenvalue weighted by Crippen LogP contribution is -2.25. The molecule has 17 heavy (non-hydrogen) atoms. The summed E-state index contributed by atoms with van der Waals surface area (Å²) in [5.74, 6) is -4.86. The lowest BCUT2D eigenvalue weighted by molar-refractivity contribution is 0.0977. The molecule has 5 heteroatoms. The highest BCUT2D eigenvalue weighted by molar-refractivity contribution is 5.96. The first-order valence-electron chi connectivity index (χ1n) is 5.33. The van der Waals surface area contributed by atoms with Gasteiger partial charge >= 0.3 is 0 Å². The van der Waals surface area contributed by atoms with Gasteiger partial charge in [0, 0.05) is 19.0 Å². The van der Waals surface area contributed by atoms with Gasteiger partial charge in [-0.3, -0.25) is 4.79 Å². The zero-order valence-electron chi connectivity index (χ0n) is 9.69. The highest BCUT2D eigenvalue weighted by atomic mass is 19.2. The Morgan fingerprint density at radius 1 is 1.24 bits per heavy atom. The fraction of sp³-hybridized carbons (Fsp3) is 0.417. The number of benzene rings is 1. The fourth-order valence-corrected chi connectivity index (χ4v) is 1.35. The number of nitrogens with one attached hydrogen (secondary N) is 1. The Balaban J connectivity index is 2.73. The monoisotopic (exact) mass is 245 g/mol. The van der Waals surface area contributed by atoms with E-state index in [2.05, 4.69) is 5.32 Å². The summed E-state index contributed by atoms with van der Waals surface area (Å²) in [5.41, 5.74) is -0.408. The van der Waals surface area contributed by atoms with Crippen LogP contribution < -0.4 is 5.32 Å². The van der Waals surface area contributed by atoms with Gasteiger partial charge in [0.15, 0.2) is 23.2 Å². The standard InChI is InChI=1S/C12H14F3NO/c1-7(2)16-6-5-10(17)8-3-4-9(13)12(15)11(8)14/h3-4,7,16H,5-6H2,1-2H3. The average Bonchev–Trinajstić information content (AvgIpc) is 2.25. The van der Waals surface area contributed by atoms with Crippen molar-refractivity contribution in [3.05, 3.63) is 35.1 Å². The summed E-state index contributed by atoms with van der Waals surface area (Å²) < 4.78 is 38.8. The Morgan fingerprint density at radius 2 is 1.88 bits per heavy atom. The first-order valence-corrected chi connectivity index (χ1v) is 5.33. The van der Waals surface area contributed by atoms with E-state index < -0.39 is 28.8 Å². The van der Waals surface area contributed by atoms with E-state index in [1.54, 1.807) is 0 Å². The van der Waals surface area contributed by atoms with Crippen LogP contribution in [0.1, 0.15) is 30.6 Å². The Kier molecular flexibility index (Phi) is 4.69. The summed E-state index contributed by atoms with van der Waals surface area (Å²) >= 11 is 0. The van der Waals surface area contributed by atoms with Crippen LogP contribution in [0.25, 0.3) is 0 Å². The summed E-state index contributed by atoms with van der Waals surface area (Å²) in [6.45, 7) is 4.18. The van der Waals surface area contributed by atoms with E-state index in [1.807, 2.05) is 13.8 Å². The predicted octanol–water partition coefficient (Wildman–Crippen LogP) is 2.67. The molecule has 0 unspecified atom stereocenters. The Morgan fingerprint density at radius 3 is 2.47 bits per heavy atom. The molecule has 0 aromatic heterocycles. The maximum absolute atomic E-state index is 13.2. The Hall–Kier alpha value is -1.36. The molecule has 1 aromatic carbocycles. The summed E-state index contributed by atoms with van der Waals surface area (Å²) in [6, 6.07) is 1.92. The van der Waals surface area contributed by atoms with Gasteiger partial charge in [0.25, 0.3) is 0 Å². The van der Waals surface area contributed by atoms with Crippen molar-refractivity contribution in [1.82, 2.24) is 5.32 Å². The summed E-state index contributed by atoms with van der Waals surface area (Å²) in [4.78, 5) is 11.5. The van der Waals surface area contributed by atoms with Gasteiger partial charge in [0.1, 0.15) is 0 Å². The zero-order chi connectivity index (χ0) is 13.0. The lowest BCUT2D eigenvalue weighted by Gasteiger charge is -2.08. The van der Waals surface area contributed by atoms with E-state index in [0.717, 1.165) is 12.1 Å². The topological polar surface area (TPSA) is 29.1 Å². The molecule has 0 saturated heterocycles. The SMILES string of the molecule is CC(C)NCCC(=O)c1ccc(F)c(F)c1F. The third kappa shape index (κ3) is 3.56. The molecular weight excluding hydrogens is 231 g/mol. The van der Waals surface area contributed by atoms with Crippen LogP contribution >= 0.6 is 0 Å². The molecule has 0 aliphatic rings. The van der Waals surface area contributed by atoms with Gasteiger partial charge < -0.3 is 5.32 Å². The molecule has 0 aliphatic heterocycles. The van der Waals surface area contributed by atoms with Crippen molar-refractivity contribution >= 4 is 5.78 Å². The molecule has 1 rings (SSSR count). The van der Waals surface area contributed by atoms with E-state index in [1.165, 1.54) is 0 Å². The molecule has 0 radical (unpaired) electrons. The highest BCUT2D eigenvalue weighted by Gasteiger charge is 2.18. The van der Waals surface area contributed by atoms with Crippen LogP contribution in [0.2, 0.25) is 0 Å². The molecule has 0 amide bonds. The van der Waals surface area contributed by atoms with Crippen LogP contribution in [-0.2, 0) is 0 Å². The zero-order valence-corrected chi connectivity index (χ0v) is 9.69. The normalized spacial score (nSPS) is 10.9. The molecule has 0 fully saturated rings. The quantitative estimate of drug-likeness (QED) is 0.638. The van der Waals surface area contributed by atoms with Gasteiger partial charge in [0.2, 0.25) is 0 Å². The molecular formula is C12H14F3NO. The molecule has 2 nitrogen and oxygen atoms in total. The van der Waals surface area contributed by atoms with Crippen LogP contribution in [0.4, 0.5) is 13.2 Å². The third-order valence-electron chi connectivity index (χ3n) is 2.24. The van der Waals surface area contributed by atoms with Gasteiger partial charge in [-0.05, 0) is 12.1 Å². The molecule has 0 heterocycles. The summed E-state index contributed by atoms with van der Waals surface area (Å²) in [5, 5.41) is 2.98. The van der Waals surface area contributed by atoms with Gasteiger partial charge in [-0.2, -0.15) is 0 Å². The number of Topliss-reactive ketones (excluding diaryl/α,β-unsaturated/α-hetero) is 1. The second-order valence-electron chi connectivity index (χ2n) is 4.00. The van der Waals surface area contributed by atoms with Crippen molar-refractivity contribution in [3.8, 4) is 0 Å². The third-order valence-corrected chi connectivity index (χ3v) is 2.24. The smallest absolute Gasteiger partial charge is 0.195 e. The predicted molar refractivity (Wildman–Crippen MR) is 58.4 cm³/mol. The molecule has 1 N–H and O–H groups in total. The number of hydrogen-bond donors (Lipinski definition) is 1. The first-order chi connectivity index (χ1) is 7.93. The van der Waals surface area contributed by atoms with Crippen LogP contribution in [0.3, 0.4) is 0 Å². The molecule has 0 atom stereocenters. The number of rotatable bonds is 5. The van der Waals surface area contributed by atoms with Crippen LogP contribution in [0, 0.1) is 17.5 Å². The Bertz CT molecular complexity index is 418. The van der Waals surface area contributed by atoms with Gasteiger partial charge in [0.05, 0.1) is 5.56 Å². The van der Waals surface area contributed by atoms with Gasteiger partial charge in [-0.1, -0.05) is 13.8 Å². The van der Waals surface area contributed by atoms with Gasteiger partial charge in [-0.15, -0.1) is 0 Å². The van der Waals surface area contributed by atoms with Crippen LogP contribution in [0.5, 0.6) is 0 Å². The number of carbonyl (C=O) groups excluding carboxylic acids is 1. The minimum absolute atomic E-state index is 0.0418. The first kappa shape index (κ1) is 13.7. The van der Waals surface area contributed by atoms with Crippen molar-refractivity contribution in [2.75, 3.05) is 6.54 Å². The maximum atomic E-state index is 13.2. The number of hydrogen-bond acceptors (Lipinski definition) is 2. The van der Waals surface area contributed by atoms with Gasteiger partial charge in [-0.25, -0.2) is 13.2 Å².